The average Bonchev–Trinajstić information content (AvgIpc) is 3.39. The summed E-state index contributed by atoms with van der Waals surface area (Å²) in [6.45, 7) is 10.9. The highest BCUT2D eigenvalue weighted by atomic mass is 16.2. The minimum absolute atomic E-state index is 0.0178. The van der Waals surface area contributed by atoms with E-state index < -0.39 is 0 Å². The number of amides is 2. The van der Waals surface area contributed by atoms with Crippen LogP contribution in [0.4, 0.5) is 10.5 Å². The lowest BCUT2D eigenvalue weighted by atomic mass is 10.2. The molecule has 1 aliphatic heterocycles. The van der Waals surface area contributed by atoms with E-state index in [0.717, 1.165) is 74.9 Å². The first kappa shape index (κ1) is 22.7. The number of urea groups is 1. The molecule has 3 rings (SSSR count). The Labute approximate surface area is 185 Å². The number of benzene rings is 1. The molecule has 2 aromatic rings. The van der Waals surface area contributed by atoms with Crippen LogP contribution in [-0.4, -0.2) is 52.9 Å². The van der Waals surface area contributed by atoms with Crippen molar-refractivity contribution in [3.8, 4) is 0 Å². The summed E-state index contributed by atoms with van der Waals surface area (Å²) in [7, 11) is 0. The minimum Gasteiger partial charge on any atom is -0.357 e. The molecule has 2 heterocycles. The third-order valence-electron chi connectivity index (χ3n) is 5.28. The van der Waals surface area contributed by atoms with Gasteiger partial charge in [-0.1, -0.05) is 12.1 Å². The first-order valence-corrected chi connectivity index (χ1v) is 11.2. The van der Waals surface area contributed by atoms with Crippen LogP contribution in [0.1, 0.15) is 43.1 Å². The van der Waals surface area contributed by atoms with Gasteiger partial charge in [0.1, 0.15) is 0 Å². The zero-order chi connectivity index (χ0) is 22.1. The molecule has 2 amide bonds. The lowest BCUT2D eigenvalue weighted by molar-refractivity contribution is 0.222. The van der Waals surface area contributed by atoms with Crippen LogP contribution in [0.3, 0.4) is 0 Å². The molecular formula is C23H35N7O. The Morgan fingerprint density at radius 2 is 1.97 bits per heavy atom. The van der Waals surface area contributed by atoms with Gasteiger partial charge in [-0.05, 0) is 63.8 Å². The molecule has 31 heavy (non-hydrogen) atoms. The number of guanidine groups is 1. The SMILES string of the molecule is CCNC(=NCc1cccc(NC(=O)N2CCCC2)c1)NCCCn1nc(C)cc1C. The van der Waals surface area contributed by atoms with E-state index in [1.807, 2.05) is 40.8 Å². The molecular weight excluding hydrogens is 390 g/mol. The number of rotatable bonds is 8. The highest BCUT2D eigenvalue weighted by molar-refractivity contribution is 5.89. The lowest BCUT2D eigenvalue weighted by Crippen LogP contribution is -2.38. The first-order chi connectivity index (χ1) is 15.0. The summed E-state index contributed by atoms with van der Waals surface area (Å²) in [4.78, 5) is 18.9. The van der Waals surface area contributed by atoms with Crippen molar-refractivity contribution in [2.24, 2.45) is 4.99 Å². The van der Waals surface area contributed by atoms with Gasteiger partial charge in [0.05, 0.1) is 12.2 Å². The van der Waals surface area contributed by atoms with E-state index in [2.05, 4.69) is 41.0 Å². The molecule has 8 heteroatoms. The number of nitrogens with zero attached hydrogens (tertiary/aromatic N) is 4. The van der Waals surface area contributed by atoms with Gasteiger partial charge in [0.2, 0.25) is 0 Å². The third kappa shape index (κ3) is 7.01. The number of aromatic nitrogens is 2. The van der Waals surface area contributed by atoms with Gasteiger partial charge in [0, 0.05) is 44.1 Å². The fourth-order valence-corrected chi connectivity index (χ4v) is 3.72. The maximum Gasteiger partial charge on any atom is 0.321 e. The van der Waals surface area contributed by atoms with Gasteiger partial charge in [0.25, 0.3) is 0 Å². The molecule has 0 saturated carbocycles. The van der Waals surface area contributed by atoms with Crippen molar-refractivity contribution in [1.29, 1.82) is 0 Å². The van der Waals surface area contributed by atoms with Gasteiger partial charge in [-0.25, -0.2) is 9.79 Å². The molecule has 0 spiro atoms. The molecule has 1 aromatic heterocycles. The second-order valence-electron chi connectivity index (χ2n) is 7.95. The van der Waals surface area contributed by atoms with Crippen LogP contribution in [-0.2, 0) is 13.1 Å². The van der Waals surface area contributed by atoms with Gasteiger partial charge in [-0.3, -0.25) is 4.68 Å². The maximum atomic E-state index is 12.3. The number of aliphatic imine (C=N–C) groups is 1. The first-order valence-electron chi connectivity index (χ1n) is 11.2. The van der Waals surface area contributed by atoms with Crippen molar-refractivity contribution in [3.05, 3.63) is 47.3 Å². The zero-order valence-electron chi connectivity index (χ0n) is 18.9. The van der Waals surface area contributed by atoms with Crippen molar-refractivity contribution in [2.45, 2.75) is 53.1 Å². The van der Waals surface area contributed by atoms with Crippen molar-refractivity contribution < 1.29 is 4.79 Å². The fourth-order valence-electron chi connectivity index (χ4n) is 3.72. The van der Waals surface area contributed by atoms with Crippen LogP contribution in [0.5, 0.6) is 0 Å². The van der Waals surface area contributed by atoms with Crippen LogP contribution in [0.25, 0.3) is 0 Å². The molecule has 1 aromatic carbocycles. The molecule has 0 bridgehead atoms. The number of hydrogen-bond acceptors (Lipinski definition) is 3. The van der Waals surface area contributed by atoms with E-state index in [-0.39, 0.29) is 6.03 Å². The molecule has 0 radical (unpaired) electrons. The molecule has 168 valence electrons. The van der Waals surface area contributed by atoms with Crippen LogP contribution in [0, 0.1) is 13.8 Å². The molecule has 1 fully saturated rings. The van der Waals surface area contributed by atoms with E-state index in [0.29, 0.717) is 6.54 Å². The van der Waals surface area contributed by atoms with Crippen molar-refractivity contribution in [3.63, 3.8) is 0 Å². The molecule has 3 N–H and O–H groups in total. The monoisotopic (exact) mass is 425 g/mol. The Morgan fingerprint density at radius 1 is 1.16 bits per heavy atom. The number of anilines is 1. The summed E-state index contributed by atoms with van der Waals surface area (Å²) < 4.78 is 2.04. The molecule has 1 saturated heterocycles. The van der Waals surface area contributed by atoms with Gasteiger partial charge < -0.3 is 20.9 Å². The summed E-state index contributed by atoms with van der Waals surface area (Å²) in [5.41, 5.74) is 4.11. The van der Waals surface area contributed by atoms with Crippen LogP contribution < -0.4 is 16.0 Å². The Balaban J connectivity index is 1.49. The number of hydrogen-bond donors (Lipinski definition) is 3. The predicted molar refractivity (Wildman–Crippen MR) is 125 cm³/mol. The average molecular weight is 426 g/mol. The number of nitrogens with one attached hydrogen (secondary N) is 3. The smallest absolute Gasteiger partial charge is 0.321 e. The number of carbonyl (C=O) groups is 1. The summed E-state index contributed by atoms with van der Waals surface area (Å²) in [5.74, 6) is 0.794. The van der Waals surface area contributed by atoms with Crippen LogP contribution in [0.15, 0.2) is 35.3 Å². The fraction of sp³-hybridized carbons (Fsp3) is 0.522. The molecule has 1 aliphatic rings. The normalized spacial score (nSPS) is 14.0. The highest BCUT2D eigenvalue weighted by Crippen LogP contribution is 2.14. The zero-order valence-corrected chi connectivity index (χ0v) is 18.9. The van der Waals surface area contributed by atoms with Crippen molar-refractivity contribution in [1.82, 2.24) is 25.3 Å². The summed E-state index contributed by atoms with van der Waals surface area (Å²) in [6.07, 6.45) is 3.14. The van der Waals surface area contributed by atoms with E-state index in [4.69, 9.17) is 4.99 Å². The van der Waals surface area contributed by atoms with Gasteiger partial charge in [-0.2, -0.15) is 5.10 Å². The number of carbonyl (C=O) groups excluding carboxylic acids is 1. The largest absolute Gasteiger partial charge is 0.357 e. The lowest BCUT2D eigenvalue weighted by Gasteiger charge is -2.16. The second-order valence-corrected chi connectivity index (χ2v) is 7.95. The quantitative estimate of drug-likeness (QED) is 0.344. The van der Waals surface area contributed by atoms with E-state index in [9.17, 15) is 4.79 Å². The Kier molecular flexibility index (Phi) is 8.32. The van der Waals surface area contributed by atoms with Crippen molar-refractivity contribution in [2.75, 3.05) is 31.5 Å². The third-order valence-corrected chi connectivity index (χ3v) is 5.28. The minimum atomic E-state index is -0.0178. The standard InChI is InChI=1S/C23H35N7O/c1-4-24-22(25-11-8-14-30-19(3)15-18(2)28-30)26-17-20-9-7-10-21(16-20)27-23(31)29-12-5-6-13-29/h7,9-10,15-16H,4-6,8,11-14,17H2,1-3H3,(H,27,31)(H2,24,25,26). The van der Waals surface area contributed by atoms with Gasteiger partial charge in [-0.15, -0.1) is 0 Å². The summed E-state index contributed by atoms with van der Waals surface area (Å²) in [5, 5.41) is 14.2. The molecule has 8 nitrogen and oxygen atoms in total. The predicted octanol–water partition coefficient (Wildman–Crippen LogP) is 3.27. The van der Waals surface area contributed by atoms with Crippen LogP contribution in [0.2, 0.25) is 0 Å². The summed E-state index contributed by atoms with van der Waals surface area (Å²) in [6, 6.07) is 9.98. The molecule has 0 atom stereocenters. The van der Waals surface area contributed by atoms with Gasteiger partial charge in [0.15, 0.2) is 5.96 Å². The Bertz CT molecular complexity index is 884. The Hall–Kier alpha value is -3.03. The number of aryl methyl sites for hydroxylation is 3. The topological polar surface area (TPSA) is 86.6 Å². The molecule has 0 unspecified atom stereocenters. The second kappa shape index (κ2) is 11.4. The summed E-state index contributed by atoms with van der Waals surface area (Å²) >= 11 is 0. The maximum absolute atomic E-state index is 12.3. The van der Waals surface area contributed by atoms with E-state index in [1.165, 1.54) is 5.69 Å². The molecule has 0 aliphatic carbocycles. The van der Waals surface area contributed by atoms with Crippen LogP contribution >= 0.6 is 0 Å². The van der Waals surface area contributed by atoms with E-state index in [1.54, 1.807) is 0 Å². The van der Waals surface area contributed by atoms with Gasteiger partial charge >= 0.3 is 6.03 Å². The Morgan fingerprint density at radius 3 is 2.68 bits per heavy atom. The van der Waals surface area contributed by atoms with Crippen molar-refractivity contribution >= 4 is 17.7 Å². The van der Waals surface area contributed by atoms with E-state index >= 15 is 0 Å². The highest BCUT2D eigenvalue weighted by Gasteiger charge is 2.17. The number of likely N-dealkylation sites (tertiary alicyclic amines) is 1.